The topological polar surface area (TPSA) is 74.6 Å². The molecule has 0 bridgehead atoms. The minimum Gasteiger partial charge on any atom is -0.354 e. The summed E-state index contributed by atoms with van der Waals surface area (Å²) in [5, 5.41) is 11.2. The highest BCUT2D eigenvalue weighted by Gasteiger charge is 2.40. The molecule has 4 heterocycles. The number of fused-ring (bicyclic) bond motifs is 2. The van der Waals surface area contributed by atoms with Gasteiger partial charge in [-0.05, 0) is 25.8 Å². The standard InChI is InChI=1S/C22H28N6O/c1-2-22(9-4-3-5-10-22)26-20(29)16-14-27(15-16)21-17-6-11-23-12-7-18(17)25-19-8-13-24-28(19)21/h1,8,13,16,23H,3-7,9-12,14-15H2,(H,26,29). The average molecular weight is 393 g/mol. The lowest BCUT2D eigenvalue weighted by atomic mass is 9.81. The predicted molar refractivity (Wildman–Crippen MR) is 112 cm³/mol. The van der Waals surface area contributed by atoms with Crippen molar-refractivity contribution in [3.63, 3.8) is 0 Å². The summed E-state index contributed by atoms with van der Waals surface area (Å²) in [4.78, 5) is 20.0. The van der Waals surface area contributed by atoms with E-state index < -0.39 is 5.54 Å². The maximum absolute atomic E-state index is 12.9. The van der Waals surface area contributed by atoms with Crippen LogP contribution in [0.1, 0.15) is 43.4 Å². The van der Waals surface area contributed by atoms with Crippen LogP contribution in [-0.2, 0) is 17.6 Å². The first-order valence-electron chi connectivity index (χ1n) is 10.8. The lowest BCUT2D eigenvalue weighted by molar-refractivity contribution is -0.127. The number of nitrogens with one attached hydrogen (secondary N) is 2. The van der Waals surface area contributed by atoms with Gasteiger partial charge in [-0.1, -0.05) is 25.2 Å². The monoisotopic (exact) mass is 392 g/mol. The third kappa shape index (κ3) is 3.25. The molecule has 1 saturated heterocycles. The SMILES string of the molecule is C#CC1(NC(=O)C2CN(c3c4c(nc5ccnn35)CCNCC4)C2)CCCCC1. The summed E-state index contributed by atoms with van der Waals surface area (Å²) < 4.78 is 1.93. The Morgan fingerprint density at radius 1 is 1.24 bits per heavy atom. The van der Waals surface area contributed by atoms with E-state index in [1.807, 2.05) is 10.6 Å². The van der Waals surface area contributed by atoms with Crippen molar-refractivity contribution in [3.8, 4) is 12.3 Å². The van der Waals surface area contributed by atoms with E-state index >= 15 is 0 Å². The van der Waals surface area contributed by atoms with Crippen molar-refractivity contribution >= 4 is 17.4 Å². The van der Waals surface area contributed by atoms with E-state index in [4.69, 9.17) is 11.4 Å². The van der Waals surface area contributed by atoms with Crippen LogP contribution in [0.4, 0.5) is 5.82 Å². The normalized spacial score (nSPS) is 21.7. The summed E-state index contributed by atoms with van der Waals surface area (Å²) in [6.07, 6.45) is 14.6. The molecular formula is C22H28N6O. The fourth-order valence-corrected chi connectivity index (χ4v) is 4.96. The number of terminal acetylenes is 1. The zero-order valence-corrected chi connectivity index (χ0v) is 16.8. The Hall–Kier alpha value is -2.59. The van der Waals surface area contributed by atoms with Gasteiger partial charge in [0.2, 0.25) is 5.91 Å². The Bertz CT molecular complexity index is 962. The summed E-state index contributed by atoms with van der Waals surface area (Å²) in [6.45, 7) is 3.29. The van der Waals surface area contributed by atoms with Gasteiger partial charge in [-0.3, -0.25) is 4.79 Å². The minimum atomic E-state index is -0.440. The van der Waals surface area contributed by atoms with Crippen LogP contribution in [0.15, 0.2) is 12.3 Å². The van der Waals surface area contributed by atoms with Gasteiger partial charge in [-0.15, -0.1) is 6.42 Å². The molecule has 7 heteroatoms. The van der Waals surface area contributed by atoms with Gasteiger partial charge < -0.3 is 15.5 Å². The van der Waals surface area contributed by atoms with Crippen LogP contribution in [0.3, 0.4) is 0 Å². The number of hydrogen-bond donors (Lipinski definition) is 2. The Kier molecular flexibility index (Phi) is 4.67. The van der Waals surface area contributed by atoms with Crippen molar-refractivity contribution in [3.05, 3.63) is 23.5 Å². The molecule has 0 radical (unpaired) electrons. The van der Waals surface area contributed by atoms with E-state index in [1.54, 1.807) is 6.20 Å². The molecule has 0 atom stereocenters. The van der Waals surface area contributed by atoms with Gasteiger partial charge >= 0.3 is 0 Å². The molecule has 29 heavy (non-hydrogen) atoms. The number of amides is 1. The predicted octanol–water partition coefficient (Wildman–Crippen LogP) is 1.31. The molecule has 152 valence electrons. The van der Waals surface area contributed by atoms with Crippen molar-refractivity contribution in [2.24, 2.45) is 5.92 Å². The van der Waals surface area contributed by atoms with Gasteiger partial charge in [0.25, 0.3) is 0 Å². The van der Waals surface area contributed by atoms with E-state index in [0.717, 1.165) is 68.8 Å². The summed E-state index contributed by atoms with van der Waals surface area (Å²) in [6, 6.07) is 1.95. The molecule has 3 aliphatic rings. The molecule has 0 spiro atoms. The van der Waals surface area contributed by atoms with Crippen LogP contribution in [0, 0.1) is 18.3 Å². The lowest BCUT2D eigenvalue weighted by Crippen LogP contribution is -2.59. The number of rotatable bonds is 3. The highest BCUT2D eigenvalue weighted by molar-refractivity contribution is 5.83. The van der Waals surface area contributed by atoms with Gasteiger partial charge in [0.1, 0.15) is 11.4 Å². The number of carbonyl (C=O) groups excluding carboxylic acids is 1. The third-order valence-electron chi connectivity index (χ3n) is 6.68. The zero-order valence-electron chi connectivity index (χ0n) is 16.8. The quantitative estimate of drug-likeness (QED) is 0.771. The van der Waals surface area contributed by atoms with Crippen LogP contribution in [0.25, 0.3) is 5.65 Å². The first kappa shape index (κ1) is 18.4. The summed E-state index contributed by atoms with van der Waals surface area (Å²) >= 11 is 0. The van der Waals surface area contributed by atoms with Crippen LogP contribution in [0.5, 0.6) is 0 Å². The molecule has 2 fully saturated rings. The number of aromatic nitrogens is 3. The van der Waals surface area contributed by atoms with Crippen LogP contribution < -0.4 is 15.5 Å². The second-order valence-electron chi connectivity index (χ2n) is 8.59. The summed E-state index contributed by atoms with van der Waals surface area (Å²) in [5.41, 5.74) is 2.85. The van der Waals surface area contributed by atoms with Gasteiger partial charge in [-0.2, -0.15) is 9.61 Å². The fraction of sp³-hybridized carbons (Fsp3) is 0.591. The third-order valence-corrected chi connectivity index (χ3v) is 6.68. The van der Waals surface area contributed by atoms with E-state index in [-0.39, 0.29) is 11.8 Å². The highest BCUT2D eigenvalue weighted by Crippen LogP contribution is 2.33. The van der Waals surface area contributed by atoms with Gasteiger partial charge in [0.15, 0.2) is 5.65 Å². The van der Waals surface area contributed by atoms with E-state index in [0.29, 0.717) is 13.1 Å². The molecule has 7 nitrogen and oxygen atoms in total. The zero-order chi connectivity index (χ0) is 19.8. The number of nitrogens with zero attached hydrogens (tertiary/aromatic N) is 4. The largest absolute Gasteiger partial charge is 0.354 e. The van der Waals surface area contributed by atoms with E-state index in [2.05, 4.69) is 26.6 Å². The second kappa shape index (κ2) is 7.34. The Labute approximate surface area is 171 Å². The van der Waals surface area contributed by atoms with Crippen LogP contribution in [-0.4, -0.2) is 52.2 Å². The maximum Gasteiger partial charge on any atom is 0.227 e. The Balaban J connectivity index is 1.35. The smallest absolute Gasteiger partial charge is 0.227 e. The Morgan fingerprint density at radius 2 is 2.03 bits per heavy atom. The molecule has 5 rings (SSSR count). The van der Waals surface area contributed by atoms with Crippen molar-refractivity contribution < 1.29 is 4.79 Å². The summed E-state index contributed by atoms with van der Waals surface area (Å²) in [7, 11) is 0. The first-order chi connectivity index (χ1) is 14.2. The average Bonchev–Trinajstić information content (AvgIpc) is 3.04. The molecule has 2 aromatic rings. The second-order valence-corrected chi connectivity index (χ2v) is 8.59. The van der Waals surface area contributed by atoms with E-state index in [1.165, 1.54) is 12.0 Å². The first-order valence-corrected chi connectivity index (χ1v) is 10.8. The number of anilines is 1. The van der Waals surface area contributed by atoms with Crippen molar-refractivity contribution in [2.45, 2.75) is 50.5 Å². The van der Waals surface area contributed by atoms with Crippen molar-refractivity contribution in [2.75, 3.05) is 31.1 Å². The maximum atomic E-state index is 12.9. The summed E-state index contributed by atoms with van der Waals surface area (Å²) in [5.74, 6) is 4.06. The fourth-order valence-electron chi connectivity index (χ4n) is 4.96. The number of hydrogen-bond acceptors (Lipinski definition) is 5. The van der Waals surface area contributed by atoms with Gasteiger partial charge in [0.05, 0.1) is 17.8 Å². The molecule has 2 aliphatic heterocycles. The highest BCUT2D eigenvalue weighted by atomic mass is 16.2. The van der Waals surface area contributed by atoms with Crippen LogP contribution >= 0.6 is 0 Å². The minimum absolute atomic E-state index is 0.0273. The molecule has 1 aliphatic carbocycles. The lowest BCUT2D eigenvalue weighted by Gasteiger charge is -2.43. The number of carbonyl (C=O) groups is 1. The Morgan fingerprint density at radius 3 is 2.83 bits per heavy atom. The molecule has 1 amide bonds. The molecular weight excluding hydrogens is 364 g/mol. The van der Waals surface area contributed by atoms with Gasteiger partial charge in [0, 0.05) is 37.7 Å². The molecule has 0 unspecified atom stereocenters. The molecule has 1 saturated carbocycles. The van der Waals surface area contributed by atoms with Crippen molar-refractivity contribution in [1.29, 1.82) is 0 Å². The molecule has 0 aromatic carbocycles. The molecule has 2 aromatic heterocycles. The molecule has 2 N–H and O–H groups in total. The van der Waals surface area contributed by atoms with Crippen LogP contribution in [0.2, 0.25) is 0 Å². The van der Waals surface area contributed by atoms with E-state index in [9.17, 15) is 4.79 Å². The van der Waals surface area contributed by atoms with Gasteiger partial charge in [-0.25, -0.2) is 4.98 Å². The van der Waals surface area contributed by atoms with Crippen molar-refractivity contribution in [1.82, 2.24) is 25.2 Å².